The van der Waals surface area contributed by atoms with Gasteiger partial charge in [0.1, 0.15) is 18.0 Å². The van der Waals surface area contributed by atoms with Gasteiger partial charge in [-0.25, -0.2) is 4.79 Å². The van der Waals surface area contributed by atoms with Crippen molar-refractivity contribution in [1.29, 1.82) is 0 Å². The highest BCUT2D eigenvalue weighted by atomic mass is 35.5. The van der Waals surface area contributed by atoms with E-state index < -0.39 is 6.16 Å². The van der Waals surface area contributed by atoms with Crippen LogP contribution in [-0.4, -0.2) is 12.8 Å². The molecule has 2 rings (SSSR count). The zero-order chi connectivity index (χ0) is 13.1. The summed E-state index contributed by atoms with van der Waals surface area (Å²) in [6, 6.07) is 5.33. The van der Waals surface area contributed by atoms with Crippen molar-refractivity contribution >= 4 is 28.7 Å². The minimum atomic E-state index is -0.687. The molecule has 0 saturated carbocycles. The topological polar surface area (TPSA) is 48.7 Å². The van der Waals surface area contributed by atoms with Gasteiger partial charge in [-0.1, -0.05) is 11.6 Å². The van der Waals surface area contributed by atoms with Gasteiger partial charge in [-0.3, -0.25) is 0 Å². The molecule has 0 unspecified atom stereocenters. The molecule has 0 bridgehead atoms. The molecule has 5 heteroatoms. The van der Waals surface area contributed by atoms with Crippen LogP contribution >= 0.6 is 11.6 Å². The Bertz CT molecular complexity index is 574. The molecule has 0 saturated heterocycles. The van der Waals surface area contributed by atoms with Gasteiger partial charge in [0.25, 0.3) is 0 Å². The predicted octanol–water partition coefficient (Wildman–Crippen LogP) is 4.07. The van der Waals surface area contributed by atoms with E-state index in [1.54, 1.807) is 25.1 Å². The van der Waals surface area contributed by atoms with Gasteiger partial charge in [0, 0.05) is 16.0 Å². The van der Waals surface area contributed by atoms with E-state index in [-0.39, 0.29) is 13.2 Å². The summed E-state index contributed by atoms with van der Waals surface area (Å²) in [4.78, 5) is 11.2. The Morgan fingerprint density at radius 1 is 1.39 bits per heavy atom. The zero-order valence-corrected chi connectivity index (χ0v) is 10.9. The van der Waals surface area contributed by atoms with Crippen LogP contribution in [0.15, 0.2) is 22.6 Å². The van der Waals surface area contributed by atoms with Gasteiger partial charge in [0.05, 0.1) is 6.61 Å². The molecular weight excluding hydrogens is 256 g/mol. The number of carbonyl (C=O) groups excluding carboxylic acids is 1. The quantitative estimate of drug-likeness (QED) is 0.788. The van der Waals surface area contributed by atoms with E-state index in [9.17, 15) is 4.79 Å². The molecule has 1 heterocycles. The maximum Gasteiger partial charge on any atom is 0.508 e. The van der Waals surface area contributed by atoms with Gasteiger partial charge in [-0.15, -0.1) is 0 Å². The van der Waals surface area contributed by atoms with E-state index >= 15 is 0 Å². The third-order valence-electron chi connectivity index (χ3n) is 2.55. The summed E-state index contributed by atoms with van der Waals surface area (Å²) in [5.41, 5.74) is 1.53. The lowest BCUT2D eigenvalue weighted by molar-refractivity contribution is 0.0536. The molecule has 0 aliphatic carbocycles. The van der Waals surface area contributed by atoms with Crippen LogP contribution in [0.25, 0.3) is 11.0 Å². The maximum atomic E-state index is 11.2. The van der Waals surface area contributed by atoms with E-state index in [1.165, 1.54) is 0 Å². The van der Waals surface area contributed by atoms with Gasteiger partial charge in [-0.2, -0.15) is 0 Å². The monoisotopic (exact) mass is 268 g/mol. The van der Waals surface area contributed by atoms with Gasteiger partial charge < -0.3 is 13.9 Å². The second kappa shape index (κ2) is 5.31. The molecule has 4 nitrogen and oxygen atoms in total. The van der Waals surface area contributed by atoms with Crippen molar-refractivity contribution in [3.8, 4) is 0 Å². The Kier molecular flexibility index (Phi) is 3.77. The normalized spacial score (nSPS) is 10.6. The number of furan rings is 1. The fourth-order valence-electron chi connectivity index (χ4n) is 1.71. The molecule has 0 aliphatic heterocycles. The Morgan fingerprint density at radius 2 is 2.17 bits per heavy atom. The fraction of sp³-hybridized carbons (Fsp3) is 0.308. The standard InChI is InChI=1S/C13H13ClO4/c1-3-16-13(15)17-7-11-8(2)18-12-5-4-9(14)6-10(11)12/h4-6H,3,7H2,1-2H3. The number of halogens is 1. The molecule has 2 aromatic rings. The summed E-state index contributed by atoms with van der Waals surface area (Å²) in [6.07, 6.45) is -0.687. The first-order valence-electron chi connectivity index (χ1n) is 5.59. The number of benzene rings is 1. The third-order valence-corrected chi connectivity index (χ3v) is 2.79. The predicted molar refractivity (Wildman–Crippen MR) is 67.8 cm³/mol. The summed E-state index contributed by atoms with van der Waals surface area (Å²) in [5.74, 6) is 0.705. The first-order valence-corrected chi connectivity index (χ1v) is 5.96. The molecule has 0 aliphatic rings. The van der Waals surface area contributed by atoms with Gasteiger partial charge in [-0.05, 0) is 32.0 Å². The number of aryl methyl sites for hydroxylation is 1. The summed E-state index contributed by atoms with van der Waals surface area (Å²) < 4.78 is 15.2. The number of rotatable bonds is 3. The summed E-state index contributed by atoms with van der Waals surface area (Å²) in [6.45, 7) is 3.94. The minimum absolute atomic E-state index is 0.109. The van der Waals surface area contributed by atoms with Crippen molar-refractivity contribution in [2.75, 3.05) is 6.61 Å². The van der Waals surface area contributed by atoms with Crippen molar-refractivity contribution in [2.45, 2.75) is 20.5 Å². The van der Waals surface area contributed by atoms with Crippen LogP contribution in [0.2, 0.25) is 5.02 Å². The second-order valence-electron chi connectivity index (χ2n) is 3.75. The SMILES string of the molecule is CCOC(=O)OCc1c(C)oc2ccc(Cl)cc12. The highest BCUT2D eigenvalue weighted by Crippen LogP contribution is 2.28. The van der Waals surface area contributed by atoms with Crippen molar-refractivity contribution in [3.63, 3.8) is 0 Å². The van der Waals surface area contributed by atoms with E-state index in [0.717, 1.165) is 16.5 Å². The molecular formula is C13H13ClO4. The number of hydrogen-bond acceptors (Lipinski definition) is 4. The first kappa shape index (κ1) is 12.8. The van der Waals surface area contributed by atoms with Crippen molar-refractivity contribution < 1.29 is 18.7 Å². The lowest BCUT2D eigenvalue weighted by Gasteiger charge is -2.04. The van der Waals surface area contributed by atoms with Crippen LogP contribution in [0, 0.1) is 6.92 Å². The van der Waals surface area contributed by atoms with E-state index in [0.29, 0.717) is 10.8 Å². The largest absolute Gasteiger partial charge is 0.508 e. The van der Waals surface area contributed by atoms with Crippen LogP contribution in [0.4, 0.5) is 4.79 Å². The van der Waals surface area contributed by atoms with E-state index in [1.807, 2.05) is 6.92 Å². The zero-order valence-electron chi connectivity index (χ0n) is 10.2. The molecule has 96 valence electrons. The molecule has 0 amide bonds. The van der Waals surface area contributed by atoms with Crippen LogP contribution in [0.5, 0.6) is 0 Å². The van der Waals surface area contributed by atoms with Crippen LogP contribution in [-0.2, 0) is 16.1 Å². The molecule has 1 aromatic heterocycles. The van der Waals surface area contributed by atoms with Gasteiger partial charge in [0.15, 0.2) is 0 Å². The Balaban J connectivity index is 2.24. The lowest BCUT2D eigenvalue weighted by atomic mass is 10.1. The van der Waals surface area contributed by atoms with E-state index in [4.69, 9.17) is 25.5 Å². The number of fused-ring (bicyclic) bond motifs is 1. The smallest absolute Gasteiger partial charge is 0.461 e. The average Bonchev–Trinajstić information content (AvgIpc) is 2.62. The van der Waals surface area contributed by atoms with Gasteiger partial charge in [0.2, 0.25) is 0 Å². The number of ether oxygens (including phenoxy) is 2. The van der Waals surface area contributed by atoms with Crippen LogP contribution in [0.3, 0.4) is 0 Å². The van der Waals surface area contributed by atoms with E-state index in [2.05, 4.69) is 0 Å². The second-order valence-corrected chi connectivity index (χ2v) is 4.19. The molecule has 1 aromatic carbocycles. The molecule has 18 heavy (non-hydrogen) atoms. The number of hydrogen-bond donors (Lipinski definition) is 0. The van der Waals surface area contributed by atoms with Gasteiger partial charge >= 0.3 is 6.16 Å². The highest BCUT2D eigenvalue weighted by molar-refractivity contribution is 6.31. The summed E-state index contributed by atoms with van der Waals surface area (Å²) >= 11 is 5.94. The van der Waals surface area contributed by atoms with Crippen molar-refractivity contribution in [1.82, 2.24) is 0 Å². The maximum absolute atomic E-state index is 11.2. The number of carbonyl (C=O) groups is 1. The Labute approximate surface area is 109 Å². The molecule has 0 atom stereocenters. The average molecular weight is 269 g/mol. The van der Waals surface area contributed by atoms with Crippen molar-refractivity contribution in [3.05, 3.63) is 34.5 Å². The fourth-order valence-corrected chi connectivity index (χ4v) is 1.89. The highest BCUT2D eigenvalue weighted by Gasteiger charge is 2.13. The summed E-state index contributed by atoms with van der Waals surface area (Å²) in [5, 5.41) is 1.46. The van der Waals surface area contributed by atoms with Crippen LogP contribution < -0.4 is 0 Å². The minimum Gasteiger partial charge on any atom is -0.461 e. The lowest BCUT2D eigenvalue weighted by Crippen LogP contribution is -2.07. The Morgan fingerprint density at radius 3 is 2.89 bits per heavy atom. The molecule has 0 radical (unpaired) electrons. The van der Waals surface area contributed by atoms with Crippen molar-refractivity contribution in [2.24, 2.45) is 0 Å². The molecule has 0 spiro atoms. The Hall–Kier alpha value is -1.68. The third kappa shape index (κ3) is 2.59. The van der Waals surface area contributed by atoms with Crippen LogP contribution in [0.1, 0.15) is 18.2 Å². The first-order chi connectivity index (χ1) is 8.61. The molecule has 0 fully saturated rings. The molecule has 0 N–H and O–H groups in total. The summed E-state index contributed by atoms with van der Waals surface area (Å²) in [7, 11) is 0.